The molecule has 1 aromatic rings. The number of hydrogen-bond donors (Lipinski definition) is 0. The van der Waals surface area contributed by atoms with Gasteiger partial charge in [0.25, 0.3) is 0 Å². The second kappa shape index (κ2) is 4.81. The first-order valence-corrected chi connectivity index (χ1v) is 5.12. The summed E-state index contributed by atoms with van der Waals surface area (Å²) in [7, 11) is 1.62. The highest BCUT2D eigenvalue weighted by molar-refractivity contribution is 14.1. The molecule has 1 aromatic carbocycles. The maximum absolute atomic E-state index is 5.47. The molecule has 0 atom stereocenters. The van der Waals surface area contributed by atoms with Crippen molar-refractivity contribution < 1.29 is 9.47 Å². The zero-order valence-corrected chi connectivity index (χ0v) is 10.2. The number of ether oxygens (including phenoxy) is 2. The van der Waals surface area contributed by atoms with Gasteiger partial charge in [0.15, 0.2) is 6.79 Å². The van der Waals surface area contributed by atoms with Gasteiger partial charge in [0.2, 0.25) is 0 Å². The highest BCUT2D eigenvalue weighted by Crippen LogP contribution is 2.27. The molecule has 0 amide bonds. The van der Waals surface area contributed by atoms with Crippen molar-refractivity contribution in [1.29, 1.82) is 0 Å². The molecule has 0 bridgehead atoms. The summed E-state index contributed by atoms with van der Waals surface area (Å²) in [6.07, 6.45) is 0. The average molecular weight is 292 g/mol. The first kappa shape index (κ1) is 10.8. The Labute approximate surface area is 92.4 Å². The first-order valence-electron chi connectivity index (χ1n) is 4.04. The summed E-state index contributed by atoms with van der Waals surface area (Å²) in [6, 6.07) is 4.14. The summed E-state index contributed by atoms with van der Waals surface area (Å²) < 4.78 is 11.5. The van der Waals surface area contributed by atoms with Crippen LogP contribution in [0.3, 0.4) is 0 Å². The summed E-state index contributed by atoms with van der Waals surface area (Å²) in [4.78, 5) is 0. The maximum atomic E-state index is 5.47. The van der Waals surface area contributed by atoms with E-state index in [2.05, 4.69) is 42.5 Å². The van der Waals surface area contributed by atoms with Crippen molar-refractivity contribution in [2.75, 3.05) is 13.9 Å². The Bertz CT molecular complexity index is 297. The highest BCUT2D eigenvalue weighted by Gasteiger charge is 2.06. The predicted octanol–water partition coefficient (Wildman–Crippen LogP) is 2.89. The number of rotatable bonds is 3. The predicted molar refractivity (Wildman–Crippen MR) is 61.1 cm³/mol. The van der Waals surface area contributed by atoms with E-state index < -0.39 is 0 Å². The van der Waals surface area contributed by atoms with E-state index in [0.717, 1.165) is 9.32 Å². The van der Waals surface area contributed by atoms with Gasteiger partial charge in [-0.3, -0.25) is 0 Å². The minimum absolute atomic E-state index is 0.306. The monoisotopic (exact) mass is 292 g/mol. The summed E-state index contributed by atoms with van der Waals surface area (Å²) in [6.45, 7) is 4.44. The molecule has 13 heavy (non-hydrogen) atoms. The smallest absolute Gasteiger partial charge is 0.188 e. The highest BCUT2D eigenvalue weighted by atomic mass is 127. The lowest BCUT2D eigenvalue weighted by Gasteiger charge is -2.11. The van der Waals surface area contributed by atoms with Gasteiger partial charge >= 0.3 is 0 Å². The fourth-order valence-corrected chi connectivity index (χ4v) is 1.79. The number of aryl methyl sites for hydroxylation is 1. The molecule has 0 radical (unpaired) electrons. The summed E-state index contributed by atoms with van der Waals surface area (Å²) in [5, 5.41) is 0. The molecule has 0 N–H and O–H groups in total. The van der Waals surface area contributed by atoms with Crippen molar-refractivity contribution in [2.24, 2.45) is 0 Å². The number of benzene rings is 1. The first-order chi connectivity index (χ1) is 6.16. The molecule has 2 nitrogen and oxygen atoms in total. The Hall–Kier alpha value is -0.290. The van der Waals surface area contributed by atoms with Crippen molar-refractivity contribution in [3.63, 3.8) is 0 Å². The third-order valence-corrected chi connectivity index (χ3v) is 2.80. The minimum Gasteiger partial charge on any atom is -0.466 e. The van der Waals surface area contributed by atoms with E-state index in [4.69, 9.17) is 9.47 Å². The van der Waals surface area contributed by atoms with E-state index in [-0.39, 0.29) is 0 Å². The molecule has 1 rings (SSSR count). The van der Waals surface area contributed by atoms with Gasteiger partial charge in [-0.1, -0.05) is 6.07 Å². The lowest BCUT2D eigenvalue weighted by molar-refractivity contribution is 0.0499. The molecule has 0 unspecified atom stereocenters. The number of halogens is 1. The van der Waals surface area contributed by atoms with Gasteiger partial charge in [0, 0.05) is 7.11 Å². The largest absolute Gasteiger partial charge is 0.466 e. The van der Waals surface area contributed by atoms with E-state index >= 15 is 0 Å². The zero-order valence-electron chi connectivity index (χ0n) is 8.06. The van der Waals surface area contributed by atoms with Crippen LogP contribution >= 0.6 is 22.6 Å². The molecule has 0 aliphatic rings. The van der Waals surface area contributed by atoms with E-state index in [1.54, 1.807) is 7.11 Å². The normalized spacial score (nSPS) is 10.2. The van der Waals surface area contributed by atoms with Crippen LogP contribution in [0.25, 0.3) is 0 Å². The second-order valence-corrected chi connectivity index (χ2v) is 4.03. The quantitative estimate of drug-likeness (QED) is 0.630. The van der Waals surface area contributed by atoms with Crippen LogP contribution in [0.1, 0.15) is 11.1 Å². The standard InChI is InChI=1S/C10H13IO2/c1-7-4-5-9(11)10(8(7)2)13-6-12-3/h4-5H,6H2,1-3H3. The molecule has 0 fully saturated rings. The fourth-order valence-electron chi connectivity index (χ4n) is 1.05. The Morgan fingerprint density at radius 2 is 2.00 bits per heavy atom. The zero-order chi connectivity index (χ0) is 9.84. The van der Waals surface area contributed by atoms with Crippen LogP contribution in [0.2, 0.25) is 0 Å². The summed E-state index contributed by atoms with van der Waals surface area (Å²) in [5.74, 6) is 0.933. The SMILES string of the molecule is COCOc1c(I)ccc(C)c1C. The molecular formula is C10H13IO2. The van der Waals surface area contributed by atoms with Crippen molar-refractivity contribution >= 4 is 22.6 Å². The maximum Gasteiger partial charge on any atom is 0.188 e. The lowest BCUT2D eigenvalue weighted by atomic mass is 10.1. The molecule has 0 aromatic heterocycles. The van der Waals surface area contributed by atoms with Crippen LogP contribution in [-0.4, -0.2) is 13.9 Å². The molecule has 3 heteroatoms. The van der Waals surface area contributed by atoms with Crippen LogP contribution < -0.4 is 4.74 Å². The van der Waals surface area contributed by atoms with Crippen LogP contribution in [0, 0.1) is 17.4 Å². The third-order valence-electron chi connectivity index (χ3n) is 1.95. The summed E-state index contributed by atoms with van der Waals surface area (Å²) >= 11 is 2.26. The molecule has 0 saturated heterocycles. The average Bonchev–Trinajstić information content (AvgIpc) is 2.12. The van der Waals surface area contributed by atoms with E-state index in [1.165, 1.54) is 11.1 Å². The van der Waals surface area contributed by atoms with E-state index in [0.29, 0.717) is 6.79 Å². The molecule has 0 heterocycles. The van der Waals surface area contributed by atoms with Gasteiger partial charge in [-0.15, -0.1) is 0 Å². The van der Waals surface area contributed by atoms with Gasteiger partial charge < -0.3 is 9.47 Å². The van der Waals surface area contributed by atoms with Crippen molar-refractivity contribution in [2.45, 2.75) is 13.8 Å². The number of methoxy groups -OCH3 is 1. The van der Waals surface area contributed by atoms with Gasteiger partial charge in [-0.05, 0) is 53.6 Å². The van der Waals surface area contributed by atoms with Crippen LogP contribution in [0.15, 0.2) is 12.1 Å². The molecule has 0 spiro atoms. The lowest BCUT2D eigenvalue weighted by Crippen LogP contribution is -2.02. The van der Waals surface area contributed by atoms with Gasteiger partial charge in [0.1, 0.15) is 5.75 Å². The molecule has 0 aliphatic carbocycles. The van der Waals surface area contributed by atoms with Crippen molar-refractivity contribution in [3.8, 4) is 5.75 Å². The van der Waals surface area contributed by atoms with Gasteiger partial charge in [-0.2, -0.15) is 0 Å². The fraction of sp³-hybridized carbons (Fsp3) is 0.400. The molecular weight excluding hydrogens is 279 g/mol. The Balaban J connectivity index is 2.96. The van der Waals surface area contributed by atoms with Crippen molar-refractivity contribution in [3.05, 3.63) is 26.8 Å². The third kappa shape index (κ3) is 2.57. The molecule has 0 aliphatic heterocycles. The topological polar surface area (TPSA) is 18.5 Å². The van der Waals surface area contributed by atoms with Crippen LogP contribution in [0.4, 0.5) is 0 Å². The second-order valence-electron chi connectivity index (χ2n) is 2.87. The van der Waals surface area contributed by atoms with Gasteiger partial charge in [0.05, 0.1) is 3.57 Å². The minimum atomic E-state index is 0.306. The molecule has 72 valence electrons. The van der Waals surface area contributed by atoms with E-state index in [9.17, 15) is 0 Å². The molecule has 0 saturated carbocycles. The van der Waals surface area contributed by atoms with Crippen molar-refractivity contribution in [1.82, 2.24) is 0 Å². The number of hydrogen-bond acceptors (Lipinski definition) is 2. The Morgan fingerprint density at radius 1 is 1.31 bits per heavy atom. The van der Waals surface area contributed by atoms with Gasteiger partial charge in [-0.25, -0.2) is 0 Å². The Kier molecular flexibility index (Phi) is 3.99. The van der Waals surface area contributed by atoms with Crippen LogP contribution in [-0.2, 0) is 4.74 Å². The Morgan fingerprint density at radius 3 is 2.62 bits per heavy atom. The van der Waals surface area contributed by atoms with E-state index in [1.807, 2.05) is 6.07 Å². The van der Waals surface area contributed by atoms with Crippen LogP contribution in [0.5, 0.6) is 5.75 Å². The summed E-state index contributed by atoms with van der Waals surface area (Å²) in [5.41, 5.74) is 2.43.